The Labute approximate surface area is 114 Å². The van der Waals surface area contributed by atoms with E-state index in [2.05, 4.69) is 36.4 Å². The fourth-order valence-corrected chi connectivity index (χ4v) is 1.84. The molecule has 0 aliphatic rings. The van der Waals surface area contributed by atoms with Crippen LogP contribution in [0.25, 0.3) is 0 Å². The van der Waals surface area contributed by atoms with Gasteiger partial charge in [-0.3, -0.25) is 0 Å². The van der Waals surface area contributed by atoms with Crippen molar-refractivity contribution < 1.29 is 4.74 Å². The maximum absolute atomic E-state index is 5.41. The molecule has 0 saturated heterocycles. The van der Waals surface area contributed by atoms with Crippen molar-refractivity contribution in [1.29, 1.82) is 0 Å². The topological polar surface area (TPSA) is 21.3 Å². The zero-order chi connectivity index (χ0) is 13.5. The molecular formula is C17H17NO. The third-order valence-electron chi connectivity index (χ3n) is 2.85. The van der Waals surface area contributed by atoms with E-state index < -0.39 is 0 Å². The molecule has 1 N–H and O–H groups in total. The number of benzene rings is 2. The summed E-state index contributed by atoms with van der Waals surface area (Å²) in [4.78, 5) is 0. The fraction of sp³-hybridized carbons (Fsp3) is 0.176. The third-order valence-corrected chi connectivity index (χ3v) is 2.85. The SMILES string of the molecule is C#CCOc1cccc(CNc2ccccc2C)c1. The number of rotatable bonds is 5. The molecule has 0 aliphatic carbocycles. The highest BCUT2D eigenvalue weighted by Crippen LogP contribution is 2.17. The van der Waals surface area contributed by atoms with E-state index in [1.807, 2.05) is 30.3 Å². The zero-order valence-corrected chi connectivity index (χ0v) is 11.0. The van der Waals surface area contributed by atoms with Crippen molar-refractivity contribution in [3.8, 4) is 18.1 Å². The van der Waals surface area contributed by atoms with Crippen LogP contribution in [-0.4, -0.2) is 6.61 Å². The molecule has 0 heterocycles. The summed E-state index contributed by atoms with van der Waals surface area (Å²) in [7, 11) is 0. The first-order valence-corrected chi connectivity index (χ1v) is 6.24. The Bertz CT molecular complexity index is 584. The van der Waals surface area contributed by atoms with Crippen LogP contribution in [0.15, 0.2) is 48.5 Å². The Morgan fingerprint density at radius 1 is 1.16 bits per heavy atom. The van der Waals surface area contributed by atoms with Crippen LogP contribution < -0.4 is 10.1 Å². The van der Waals surface area contributed by atoms with Crippen molar-refractivity contribution in [2.24, 2.45) is 0 Å². The summed E-state index contributed by atoms with van der Waals surface area (Å²) in [5.74, 6) is 3.27. The van der Waals surface area contributed by atoms with Crippen LogP contribution in [0.5, 0.6) is 5.75 Å². The molecule has 0 amide bonds. The second-order valence-electron chi connectivity index (χ2n) is 4.31. The Morgan fingerprint density at radius 2 is 2.00 bits per heavy atom. The number of nitrogens with one attached hydrogen (secondary N) is 1. The van der Waals surface area contributed by atoms with Gasteiger partial charge < -0.3 is 10.1 Å². The molecule has 0 spiro atoms. The van der Waals surface area contributed by atoms with Crippen LogP contribution in [0.4, 0.5) is 5.69 Å². The van der Waals surface area contributed by atoms with Gasteiger partial charge >= 0.3 is 0 Å². The minimum absolute atomic E-state index is 0.300. The predicted octanol–water partition coefficient (Wildman–Crippen LogP) is 3.62. The van der Waals surface area contributed by atoms with Gasteiger partial charge in [0.15, 0.2) is 0 Å². The Morgan fingerprint density at radius 3 is 2.79 bits per heavy atom. The molecular weight excluding hydrogens is 234 g/mol. The summed E-state index contributed by atoms with van der Waals surface area (Å²) >= 11 is 0. The maximum atomic E-state index is 5.41. The number of para-hydroxylation sites is 1. The first kappa shape index (κ1) is 13.0. The number of terminal acetylenes is 1. The summed E-state index contributed by atoms with van der Waals surface area (Å²) < 4.78 is 5.41. The number of hydrogen-bond acceptors (Lipinski definition) is 2. The molecule has 0 radical (unpaired) electrons. The van der Waals surface area contributed by atoms with Crippen LogP contribution >= 0.6 is 0 Å². The number of hydrogen-bond donors (Lipinski definition) is 1. The highest BCUT2D eigenvalue weighted by Gasteiger charge is 1.99. The predicted molar refractivity (Wildman–Crippen MR) is 79.3 cm³/mol. The van der Waals surface area contributed by atoms with Gasteiger partial charge in [-0.05, 0) is 36.2 Å². The average molecular weight is 251 g/mol. The third kappa shape index (κ3) is 3.79. The molecule has 0 atom stereocenters. The molecule has 2 nitrogen and oxygen atoms in total. The minimum atomic E-state index is 0.300. The molecule has 19 heavy (non-hydrogen) atoms. The number of anilines is 1. The van der Waals surface area contributed by atoms with Crippen LogP contribution in [0.1, 0.15) is 11.1 Å². The molecule has 0 aliphatic heterocycles. The molecule has 0 saturated carbocycles. The summed E-state index contributed by atoms with van der Waals surface area (Å²) in [6.45, 7) is 3.15. The Hall–Kier alpha value is -2.40. The standard InChI is InChI=1S/C17H17NO/c1-3-11-19-16-9-6-8-15(12-16)13-18-17-10-5-4-7-14(17)2/h1,4-10,12,18H,11,13H2,2H3. The molecule has 2 aromatic rings. The van der Waals surface area contributed by atoms with Crippen molar-refractivity contribution in [2.45, 2.75) is 13.5 Å². The number of ether oxygens (including phenoxy) is 1. The molecule has 96 valence electrons. The van der Waals surface area contributed by atoms with E-state index in [4.69, 9.17) is 11.2 Å². The maximum Gasteiger partial charge on any atom is 0.148 e. The Kier molecular flexibility index (Phi) is 4.47. The first-order valence-electron chi connectivity index (χ1n) is 6.24. The molecule has 2 aromatic carbocycles. The van der Waals surface area contributed by atoms with Crippen LogP contribution in [0.2, 0.25) is 0 Å². The van der Waals surface area contributed by atoms with E-state index in [-0.39, 0.29) is 0 Å². The van der Waals surface area contributed by atoms with Crippen molar-refractivity contribution in [3.05, 3.63) is 59.7 Å². The van der Waals surface area contributed by atoms with Crippen molar-refractivity contribution in [1.82, 2.24) is 0 Å². The highest BCUT2D eigenvalue weighted by atomic mass is 16.5. The molecule has 0 unspecified atom stereocenters. The summed E-state index contributed by atoms with van der Waals surface area (Å²) in [5, 5.41) is 3.42. The molecule has 0 fully saturated rings. The van der Waals surface area contributed by atoms with Crippen LogP contribution in [0, 0.1) is 19.3 Å². The second kappa shape index (κ2) is 6.51. The van der Waals surface area contributed by atoms with Gasteiger partial charge in [0.2, 0.25) is 0 Å². The lowest BCUT2D eigenvalue weighted by molar-refractivity contribution is 0.370. The monoisotopic (exact) mass is 251 g/mol. The summed E-state index contributed by atoms with van der Waals surface area (Å²) in [6, 6.07) is 16.2. The van der Waals surface area contributed by atoms with Gasteiger partial charge in [-0.1, -0.05) is 36.3 Å². The summed E-state index contributed by atoms with van der Waals surface area (Å²) in [6.07, 6.45) is 5.18. The molecule has 0 aromatic heterocycles. The van der Waals surface area contributed by atoms with Gasteiger partial charge in [-0.25, -0.2) is 0 Å². The van der Waals surface area contributed by atoms with E-state index in [1.165, 1.54) is 5.56 Å². The second-order valence-corrected chi connectivity index (χ2v) is 4.31. The quantitative estimate of drug-likeness (QED) is 0.819. The minimum Gasteiger partial charge on any atom is -0.481 e. The van der Waals surface area contributed by atoms with E-state index in [0.717, 1.165) is 23.5 Å². The normalized spacial score (nSPS) is 9.68. The molecule has 0 bridgehead atoms. The van der Waals surface area contributed by atoms with Gasteiger partial charge in [0.1, 0.15) is 12.4 Å². The van der Waals surface area contributed by atoms with Crippen molar-refractivity contribution in [2.75, 3.05) is 11.9 Å². The van der Waals surface area contributed by atoms with Gasteiger partial charge in [-0.15, -0.1) is 6.42 Å². The van der Waals surface area contributed by atoms with Gasteiger partial charge in [0.05, 0.1) is 0 Å². The largest absolute Gasteiger partial charge is 0.481 e. The van der Waals surface area contributed by atoms with Gasteiger partial charge in [0, 0.05) is 12.2 Å². The van der Waals surface area contributed by atoms with E-state index >= 15 is 0 Å². The van der Waals surface area contributed by atoms with Crippen molar-refractivity contribution in [3.63, 3.8) is 0 Å². The highest BCUT2D eigenvalue weighted by molar-refractivity contribution is 5.50. The van der Waals surface area contributed by atoms with E-state index in [9.17, 15) is 0 Å². The van der Waals surface area contributed by atoms with E-state index in [1.54, 1.807) is 0 Å². The van der Waals surface area contributed by atoms with Crippen LogP contribution in [-0.2, 0) is 6.54 Å². The smallest absolute Gasteiger partial charge is 0.148 e. The lowest BCUT2D eigenvalue weighted by atomic mass is 10.1. The van der Waals surface area contributed by atoms with Crippen LogP contribution in [0.3, 0.4) is 0 Å². The average Bonchev–Trinajstić information content (AvgIpc) is 2.45. The van der Waals surface area contributed by atoms with Gasteiger partial charge in [-0.2, -0.15) is 0 Å². The lowest BCUT2D eigenvalue weighted by Crippen LogP contribution is -2.01. The molecule has 2 heteroatoms. The number of aryl methyl sites for hydroxylation is 1. The molecule has 2 rings (SSSR count). The summed E-state index contributed by atoms with van der Waals surface area (Å²) in [5.41, 5.74) is 3.55. The van der Waals surface area contributed by atoms with Gasteiger partial charge in [0.25, 0.3) is 0 Å². The lowest BCUT2D eigenvalue weighted by Gasteiger charge is -2.10. The van der Waals surface area contributed by atoms with E-state index in [0.29, 0.717) is 6.61 Å². The van der Waals surface area contributed by atoms with Crippen molar-refractivity contribution >= 4 is 5.69 Å². The first-order chi connectivity index (χ1) is 9.29. The zero-order valence-electron chi connectivity index (χ0n) is 11.0. The Balaban J connectivity index is 2.00. The fourth-order valence-electron chi connectivity index (χ4n) is 1.84.